The zero-order valence-electron chi connectivity index (χ0n) is 11.2. The van der Waals surface area contributed by atoms with Crippen molar-refractivity contribution in [1.82, 2.24) is 4.90 Å². The highest BCUT2D eigenvalue weighted by atomic mass is 79.9. The van der Waals surface area contributed by atoms with E-state index in [1.165, 1.54) is 5.56 Å². The Morgan fingerprint density at radius 1 is 1.00 bits per heavy atom. The molecule has 0 aliphatic rings. The van der Waals surface area contributed by atoms with Crippen molar-refractivity contribution in [3.05, 3.63) is 69.7 Å². The molecule has 1 N–H and O–H groups in total. The highest BCUT2D eigenvalue weighted by Gasteiger charge is 2.04. The molecule has 0 unspecified atom stereocenters. The van der Waals surface area contributed by atoms with E-state index in [-0.39, 0.29) is 0 Å². The van der Waals surface area contributed by atoms with E-state index in [2.05, 4.69) is 33.0 Å². The second-order valence-corrected chi connectivity index (χ2v) is 5.72. The highest BCUT2D eigenvalue weighted by Crippen LogP contribution is 2.13. The molecular formula is C16H16BrNO2. The van der Waals surface area contributed by atoms with Crippen molar-refractivity contribution in [2.24, 2.45) is 0 Å². The lowest BCUT2D eigenvalue weighted by atomic mass is 10.1. The topological polar surface area (TPSA) is 40.5 Å². The van der Waals surface area contributed by atoms with Crippen LogP contribution < -0.4 is 0 Å². The highest BCUT2D eigenvalue weighted by molar-refractivity contribution is 9.10. The molecule has 20 heavy (non-hydrogen) atoms. The summed E-state index contributed by atoms with van der Waals surface area (Å²) >= 11 is 3.42. The Kier molecular flexibility index (Phi) is 4.93. The molecule has 0 aliphatic heterocycles. The van der Waals surface area contributed by atoms with Crippen molar-refractivity contribution >= 4 is 21.9 Å². The van der Waals surface area contributed by atoms with Gasteiger partial charge in [0, 0.05) is 17.6 Å². The molecule has 0 aromatic heterocycles. The van der Waals surface area contributed by atoms with Gasteiger partial charge in [-0.3, -0.25) is 4.90 Å². The van der Waals surface area contributed by atoms with Gasteiger partial charge in [0.15, 0.2) is 0 Å². The number of carbonyl (C=O) groups is 1. The molecule has 104 valence electrons. The smallest absolute Gasteiger partial charge is 0.335 e. The summed E-state index contributed by atoms with van der Waals surface area (Å²) < 4.78 is 1.08. The quantitative estimate of drug-likeness (QED) is 0.905. The molecule has 0 saturated carbocycles. The molecule has 0 heterocycles. The summed E-state index contributed by atoms with van der Waals surface area (Å²) in [5, 5.41) is 8.86. The van der Waals surface area contributed by atoms with Crippen molar-refractivity contribution in [2.75, 3.05) is 7.05 Å². The number of aromatic carboxylic acids is 1. The summed E-state index contributed by atoms with van der Waals surface area (Å²) in [5.74, 6) is -0.889. The first-order chi connectivity index (χ1) is 9.54. The fourth-order valence-electron chi connectivity index (χ4n) is 2.02. The van der Waals surface area contributed by atoms with E-state index in [9.17, 15) is 4.79 Å². The number of carboxylic acids is 1. The van der Waals surface area contributed by atoms with Gasteiger partial charge >= 0.3 is 5.97 Å². The summed E-state index contributed by atoms with van der Waals surface area (Å²) in [6.07, 6.45) is 0. The molecule has 0 bridgehead atoms. The molecular weight excluding hydrogens is 318 g/mol. The Morgan fingerprint density at radius 2 is 1.45 bits per heavy atom. The predicted molar refractivity (Wildman–Crippen MR) is 82.7 cm³/mol. The molecule has 2 aromatic rings. The molecule has 0 saturated heterocycles. The van der Waals surface area contributed by atoms with Crippen molar-refractivity contribution < 1.29 is 9.90 Å². The molecule has 0 fully saturated rings. The van der Waals surface area contributed by atoms with Gasteiger partial charge in [-0.15, -0.1) is 0 Å². The SMILES string of the molecule is CN(Cc1ccc(Br)cc1)Cc1ccc(C(=O)O)cc1. The summed E-state index contributed by atoms with van der Waals surface area (Å²) in [4.78, 5) is 13.0. The molecule has 0 amide bonds. The number of hydrogen-bond donors (Lipinski definition) is 1. The number of benzene rings is 2. The number of hydrogen-bond acceptors (Lipinski definition) is 2. The van der Waals surface area contributed by atoms with Gasteiger partial charge in [-0.25, -0.2) is 4.79 Å². The van der Waals surface area contributed by atoms with Crippen molar-refractivity contribution in [1.29, 1.82) is 0 Å². The molecule has 4 heteroatoms. The lowest BCUT2D eigenvalue weighted by molar-refractivity contribution is 0.0697. The number of halogens is 1. The minimum atomic E-state index is -0.889. The van der Waals surface area contributed by atoms with E-state index in [4.69, 9.17) is 5.11 Å². The Balaban J connectivity index is 1.95. The Labute approximate surface area is 127 Å². The van der Waals surface area contributed by atoms with E-state index in [0.717, 1.165) is 23.1 Å². The monoisotopic (exact) mass is 333 g/mol. The van der Waals surface area contributed by atoms with Crippen LogP contribution in [-0.2, 0) is 13.1 Å². The van der Waals surface area contributed by atoms with Crippen LogP contribution in [0, 0.1) is 0 Å². The Morgan fingerprint density at radius 3 is 1.90 bits per heavy atom. The zero-order valence-corrected chi connectivity index (χ0v) is 12.8. The predicted octanol–water partition coefficient (Wildman–Crippen LogP) is 3.78. The normalized spacial score (nSPS) is 10.8. The Bertz CT molecular complexity index is 578. The molecule has 0 radical (unpaired) electrons. The van der Waals surface area contributed by atoms with Gasteiger partial charge in [0.2, 0.25) is 0 Å². The van der Waals surface area contributed by atoms with Crippen LogP contribution in [0.1, 0.15) is 21.5 Å². The van der Waals surface area contributed by atoms with Crippen LogP contribution in [0.3, 0.4) is 0 Å². The van der Waals surface area contributed by atoms with Crippen LogP contribution in [0.2, 0.25) is 0 Å². The number of rotatable bonds is 5. The van der Waals surface area contributed by atoms with E-state index < -0.39 is 5.97 Å². The van der Waals surface area contributed by atoms with Crippen LogP contribution in [0.15, 0.2) is 53.0 Å². The molecule has 3 nitrogen and oxygen atoms in total. The molecule has 0 aliphatic carbocycles. The number of nitrogens with zero attached hydrogens (tertiary/aromatic N) is 1. The van der Waals surface area contributed by atoms with Crippen LogP contribution >= 0.6 is 15.9 Å². The summed E-state index contributed by atoms with van der Waals surface area (Å²) in [6.45, 7) is 1.64. The fraction of sp³-hybridized carbons (Fsp3) is 0.188. The first-order valence-electron chi connectivity index (χ1n) is 6.30. The second kappa shape index (κ2) is 6.68. The summed E-state index contributed by atoms with van der Waals surface area (Å²) in [7, 11) is 2.05. The second-order valence-electron chi connectivity index (χ2n) is 4.80. The molecule has 2 aromatic carbocycles. The fourth-order valence-corrected chi connectivity index (χ4v) is 2.29. The summed E-state index contributed by atoms with van der Waals surface area (Å²) in [6, 6.07) is 15.3. The van der Waals surface area contributed by atoms with Gasteiger partial charge in [0.1, 0.15) is 0 Å². The summed E-state index contributed by atoms with van der Waals surface area (Å²) in [5.41, 5.74) is 2.68. The van der Waals surface area contributed by atoms with E-state index in [0.29, 0.717) is 5.56 Å². The van der Waals surface area contributed by atoms with Gasteiger partial charge < -0.3 is 5.11 Å². The van der Waals surface area contributed by atoms with Gasteiger partial charge in [0.05, 0.1) is 5.56 Å². The first-order valence-corrected chi connectivity index (χ1v) is 7.09. The van der Waals surface area contributed by atoms with Gasteiger partial charge in [-0.1, -0.05) is 40.2 Å². The van der Waals surface area contributed by atoms with Crippen molar-refractivity contribution in [3.8, 4) is 0 Å². The van der Waals surface area contributed by atoms with E-state index in [1.807, 2.05) is 31.3 Å². The van der Waals surface area contributed by atoms with Gasteiger partial charge in [-0.05, 0) is 42.4 Å². The van der Waals surface area contributed by atoms with E-state index in [1.54, 1.807) is 12.1 Å². The molecule has 2 rings (SSSR count). The van der Waals surface area contributed by atoms with E-state index >= 15 is 0 Å². The third kappa shape index (κ3) is 4.18. The van der Waals surface area contributed by atoms with Gasteiger partial charge in [-0.2, -0.15) is 0 Å². The van der Waals surface area contributed by atoms with Crippen LogP contribution in [-0.4, -0.2) is 23.0 Å². The van der Waals surface area contributed by atoms with Crippen LogP contribution in [0.25, 0.3) is 0 Å². The first kappa shape index (κ1) is 14.8. The molecule has 0 atom stereocenters. The minimum absolute atomic E-state index is 0.323. The third-order valence-corrected chi connectivity index (χ3v) is 3.55. The molecule has 0 spiro atoms. The Hall–Kier alpha value is -1.65. The minimum Gasteiger partial charge on any atom is -0.478 e. The van der Waals surface area contributed by atoms with Gasteiger partial charge in [0.25, 0.3) is 0 Å². The average molecular weight is 334 g/mol. The maximum Gasteiger partial charge on any atom is 0.335 e. The lowest BCUT2D eigenvalue weighted by Gasteiger charge is -2.17. The lowest BCUT2D eigenvalue weighted by Crippen LogP contribution is -2.17. The van der Waals surface area contributed by atoms with Crippen LogP contribution in [0.5, 0.6) is 0 Å². The largest absolute Gasteiger partial charge is 0.478 e. The maximum absolute atomic E-state index is 10.8. The van der Waals surface area contributed by atoms with Crippen molar-refractivity contribution in [3.63, 3.8) is 0 Å². The standard InChI is InChI=1S/C16H16BrNO2/c1-18(11-13-4-8-15(17)9-5-13)10-12-2-6-14(7-3-12)16(19)20/h2-9H,10-11H2,1H3,(H,19,20). The van der Waals surface area contributed by atoms with Crippen LogP contribution in [0.4, 0.5) is 0 Å². The number of carboxylic acid groups (broad SMARTS) is 1. The maximum atomic E-state index is 10.8. The zero-order chi connectivity index (χ0) is 14.5. The average Bonchev–Trinajstić information content (AvgIpc) is 2.42. The van der Waals surface area contributed by atoms with Crippen molar-refractivity contribution in [2.45, 2.75) is 13.1 Å². The third-order valence-electron chi connectivity index (χ3n) is 3.02.